The monoisotopic (exact) mass is 486 g/mol. The SMILES string of the molecule is C/C(=C\C[C@@H](O)C(C)[C@H]1C[C@H](O)[C@@]2(C)C3=CCC4C(C)(C)[C@H](O)CC[C@]4(C)C3=CC[C@]12C)C(=O)O. The molecule has 5 nitrogen and oxygen atoms in total. The second kappa shape index (κ2) is 8.56. The number of aliphatic hydroxyl groups is 3. The summed E-state index contributed by atoms with van der Waals surface area (Å²) in [5, 5.41) is 42.6. The lowest BCUT2D eigenvalue weighted by Gasteiger charge is -2.61. The minimum absolute atomic E-state index is 0.0146. The van der Waals surface area contributed by atoms with Crippen molar-refractivity contribution in [1.82, 2.24) is 0 Å². The molecule has 2 unspecified atom stereocenters. The van der Waals surface area contributed by atoms with E-state index in [1.165, 1.54) is 11.1 Å². The summed E-state index contributed by atoms with van der Waals surface area (Å²) in [5.41, 5.74) is 2.13. The second-order valence-corrected chi connectivity index (χ2v) is 13.4. The Hall–Kier alpha value is -1.43. The van der Waals surface area contributed by atoms with E-state index in [9.17, 15) is 20.1 Å². The average Bonchev–Trinajstić information content (AvgIpc) is 3.00. The average molecular weight is 487 g/mol. The second-order valence-electron chi connectivity index (χ2n) is 13.4. The van der Waals surface area contributed by atoms with Gasteiger partial charge in [0.05, 0.1) is 18.3 Å². The molecule has 4 aliphatic rings. The van der Waals surface area contributed by atoms with Crippen molar-refractivity contribution in [2.75, 3.05) is 0 Å². The molecule has 0 aliphatic heterocycles. The molecule has 0 aromatic rings. The fourth-order valence-electron chi connectivity index (χ4n) is 8.74. The van der Waals surface area contributed by atoms with E-state index >= 15 is 0 Å². The molecule has 0 aromatic heterocycles. The molecular weight excluding hydrogens is 440 g/mol. The number of rotatable bonds is 5. The number of fused-ring (bicyclic) bond motifs is 5. The summed E-state index contributed by atoms with van der Waals surface area (Å²) in [6.07, 6.45) is 9.41. The highest BCUT2D eigenvalue weighted by Crippen LogP contribution is 2.71. The molecule has 5 heteroatoms. The Kier molecular flexibility index (Phi) is 6.51. The maximum atomic E-state index is 11.6. The van der Waals surface area contributed by atoms with Gasteiger partial charge in [0, 0.05) is 11.0 Å². The van der Waals surface area contributed by atoms with E-state index in [0.29, 0.717) is 18.8 Å². The highest BCUT2D eigenvalue weighted by atomic mass is 16.4. The molecule has 4 aliphatic carbocycles. The number of carbonyl (C=O) groups is 1. The van der Waals surface area contributed by atoms with Crippen LogP contribution < -0.4 is 0 Å². The Morgan fingerprint density at radius 2 is 1.77 bits per heavy atom. The Morgan fingerprint density at radius 3 is 2.40 bits per heavy atom. The molecule has 0 amide bonds. The zero-order valence-electron chi connectivity index (χ0n) is 22.6. The van der Waals surface area contributed by atoms with Crippen molar-refractivity contribution in [2.45, 2.75) is 105 Å². The van der Waals surface area contributed by atoms with Crippen molar-refractivity contribution in [3.8, 4) is 0 Å². The number of aliphatic hydroxyl groups excluding tert-OH is 3. The van der Waals surface area contributed by atoms with Crippen molar-refractivity contribution in [3.63, 3.8) is 0 Å². The molecule has 196 valence electrons. The van der Waals surface area contributed by atoms with E-state index in [4.69, 9.17) is 5.11 Å². The first-order chi connectivity index (χ1) is 16.1. The van der Waals surface area contributed by atoms with Crippen LogP contribution in [-0.4, -0.2) is 44.7 Å². The molecular formula is C30H46O5. The fraction of sp³-hybridized carbons (Fsp3) is 0.767. The quantitative estimate of drug-likeness (QED) is 0.397. The van der Waals surface area contributed by atoms with Gasteiger partial charge in [-0.2, -0.15) is 0 Å². The van der Waals surface area contributed by atoms with Crippen LogP contribution in [0.15, 0.2) is 34.9 Å². The summed E-state index contributed by atoms with van der Waals surface area (Å²) in [5.74, 6) is -0.549. The minimum atomic E-state index is -0.958. The van der Waals surface area contributed by atoms with Crippen molar-refractivity contribution in [1.29, 1.82) is 0 Å². The summed E-state index contributed by atoms with van der Waals surface area (Å²) >= 11 is 0. The molecule has 9 atom stereocenters. The van der Waals surface area contributed by atoms with E-state index in [2.05, 4.69) is 53.7 Å². The molecule has 0 radical (unpaired) electrons. The Labute approximate surface area is 211 Å². The van der Waals surface area contributed by atoms with Crippen LogP contribution in [0.1, 0.15) is 87.0 Å². The summed E-state index contributed by atoms with van der Waals surface area (Å²) in [6, 6.07) is 0. The maximum Gasteiger partial charge on any atom is 0.330 e. The lowest BCUT2D eigenvalue weighted by Crippen LogP contribution is -2.55. The predicted octanol–water partition coefficient (Wildman–Crippen LogP) is 5.26. The number of aliphatic carboxylic acids is 1. The zero-order chi connectivity index (χ0) is 26.1. The van der Waals surface area contributed by atoms with Crippen LogP contribution >= 0.6 is 0 Å². The fourth-order valence-corrected chi connectivity index (χ4v) is 8.74. The van der Waals surface area contributed by atoms with Gasteiger partial charge in [-0.15, -0.1) is 0 Å². The Morgan fingerprint density at radius 1 is 1.11 bits per heavy atom. The van der Waals surface area contributed by atoms with Crippen LogP contribution in [-0.2, 0) is 4.79 Å². The standard InChI is InChI=1S/C30H46O5/c1-17(26(34)35)8-10-22(31)18(2)21-16-25(33)30(7)20-9-11-23-27(3,4)24(32)13-14-28(23,5)19(20)12-15-29(21,30)6/h8-9,12,18,21-25,31-33H,10-11,13-16H2,1-7H3,(H,34,35)/b17-8+/t18?,21-,22-,23?,24-,25+,28-,29-,30-/m1/s1. The van der Waals surface area contributed by atoms with Crippen LogP contribution in [0.25, 0.3) is 0 Å². The van der Waals surface area contributed by atoms with Crippen molar-refractivity contribution >= 4 is 5.97 Å². The van der Waals surface area contributed by atoms with Crippen molar-refractivity contribution < 1.29 is 25.2 Å². The van der Waals surface area contributed by atoms with Gasteiger partial charge >= 0.3 is 5.97 Å². The van der Waals surface area contributed by atoms with Crippen LogP contribution in [0.3, 0.4) is 0 Å². The van der Waals surface area contributed by atoms with Crippen LogP contribution in [0.2, 0.25) is 0 Å². The van der Waals surface area contributed by atoms with Gasteiger partial charge in [-0.05, 0) is 90.6 Å². The highest BCUT2D eigenvalue weighted by Gasteiger charge is 2.66. The molecule has 4 rings (SSSR count). The predicted molar refractivity (Wildman–Crippen MR) is 138 cm³/mol. The third kappa shape index (κ3) is 3.63. The molecule has 0 heterocycles. The first-order valence-electron chi connectivity index (χ1n) is 13.5. The first-order valence-corrected chi connectivity index (χ1v) is 13.5. The summed E-state index contributed by atoms with van der Waals surface area (Å²) in [4.78, 5) is 11.2. The lowest BCUT2D eigenvalue weighted by atomic mass is 9.44. The molecule has 0 bridgehead atoms. The molecule has 0 spiro atoms. The van der Waals surface area contributed by atoms with Crippen LogP contribution in [0.4, 0.5) is 0 Å². The molecule has 2 saturated carbocycles. The molecule has 0 aromatic carbocycles. The number of hydrogen-bond acceptors (Lipinski definition) is 4. The summed E-state index contributed by atoms with van der Waals surface area (Å²) in [6.45, 7) is 14.9. The van der Waals surface area contributed by atoms with E-state index in [0.717, 1.165) is 25.7 Å². The van der Waals surface area contributed by atoms with Gasteiger partial charge < -0.3 is 20.4 Å². The Bertz CT molecular complexity index is 975. The highest BCUT2D eigenvalue weighted by molar-refractivity contribution is 5.85. The van der Waals surface area contributed by atoms with E-state index in [1.54, 1.807) is 13.0 Å². The van der Waals surface area contributed by atoms with Crippen LogP contribution in [0.5, 0.6) is 0 Å². The number of hydrogen-bond donors (Lipinski definition) is 4. The third-order valence-corrected chi connectivity index (χ3v) is 11.6. The Balaban J connectivity index is 1.68. The van der Waals surface area contributed by atoms with Gasteiger partial charge in [0.2, 0.25) is 0 Å². The number of allylic oxidation sites excluding steroid dienone is 3. The van der Waals surface area contributed by atoms with Gasteiger partial charge in [0.1, 0.15) is 0 Å². The zero-order valence-corrected chi connectivity index (χ0v) is 22.6. The normalized spacial score (nSPS) is 44.3. The van der Waals surface area contributed by atoms with Crippen molar-refractivity contribution in [2.24, 2.45) is 39.4 Å². The van der Waals surface area contributed by atoms with Gasteiger partial charge in [-0.25, -0.2) is 4.79 Å². The maximum absolute atomic E-state index is 11.6. The van der Waals surface area contributed by atoms with Gasteiger partial charge in [-0.1, -0.05) is 59.8 Å². The van der Waals surface area contributed by atoms with E-state index in [1.807, 2.05) is 0 Å². The molecule has 35 heavy (non-hydrogen) atoms. The minimum Gasteiger partial charge on any atom is -0.478 e. The molecule has 0 saturated heterocycles. The third-order valence-electron chi connectivity index (χ3n) is 11.6. The lowest BCUT2D eigenvalue weighted by molar-refractivity contribution is -0.132. The number of carboxylic acid groups (broad SMARTS) is 1. The first kappa shape index (κ1) is 26.6. The van der Waals surface area contributed by atoms with E-state index in [-0.39, 0.29) is 39.8 Å². The smallest absolute Gasteiger partial charge is 0.330 e. The van der Waals surface area contributed by atoms with Gasteiger partial charge in [-0.3, -0.25) is 0 Å². The van der Waals surface area contributed by atoms with Gasteiger partial charge in [0.25, 0.3) is 0 Å². The summed E-state index contributed by atoms with van der Waals surface area (Å²) in [7, 11) is 0. The van der Waals surface area contributed by atoms with Crippen molar-refractivity contribution in [3.05, 3.63) is 34.9 Å². The molecule has 2 fully saturated rings. The van der Waals surface area contributed by atoms with Gasteiger partial charge in [0.15, 0.2) is 0 Å². The van der Waals surface area contributed by atoms with Crippen LogP contribution in [0, 0.1) is 39.4 Å². The topological polar surface area (TPSA) is 98.0 Å². The number of carboxylic acids is 1. The largest absolute Gasteiger partial charge is 0.478 e. The van der Waals surface area contributed by atoms with E-state index < -0.39 is 23.6 Å². The molecule has 4 N–H and O–H groups in total. The summed E-state index contributed by atoms with van der Waals surface area (Å²) < 4.78 is 0.